The Bertz CT molecular complexity index is 865. The van der Waals surface area contributed by atoms with Crippen LogP contribution in [-0.2, 0) is 32.7 Å². The molecule has 0 amide bonds. The molecule has 50 heavy (non-hydrogen) atoms. The average molecular weight is 733 g/mol. The lowest BCUT2D eigenvalue weighted by atomic mass is 10.0. The predicted octanol–water partition coefficient (Wildman–Crippen LogP) is 11.0. The van der Waals surface area contributed by atoms with Crippen molar-refractivity contribution in [2.24, 2.45) is 0 Å². The van der Waals surface area contributed by atoms with Crippen LogP contribution in [0.3, 0.4) is 0 Å². The van der Waals surface area contributed by atoms with Crippen LogP contribution in [-0.4, -0.2) is 74.9 Å². The van der Waals surface area contributed by atoms with E-state index in [0.717, 1.165) is 38.5 Å². The number of hydrogen-bond acceptors (Lipinski definition) is 7. The zero-order chi connectivity index (χ0) is 36.6. The third kappa shape index (κ3) is 32.9. The number of nitrogens with zero attached hydrogens (tertiary/aromatic N) is 1. The molecule has 10 heteroatoms. The second-order valence-corrected chi connectivity index (χ2v) is 17.3. The maximum absolute atomic E-state index is 12.6. The van der Waals surface area contributed by atoms with E-state index in [1.54, 1.807) is 0 Å². The van der Waals surface area contributed by atoms with Gasteiger partial charge >= 0.3 is 19.8 Å². The van der Waals surface area contributed by atoms with Gasteiger partial charge in [0.05, 0.1) is 27.7 Å². The molecular formula is C40H79NO8P+. The van der Waals surface area contributed by atoms with E-state index in [-0.39, 0.29) is 25.6 Å². The van der Waals surface area contributed by atoms with Gasteiger partial charge in [-0.15, -0.1) is 0 Å². The number of rotatable bonds is 7. The molecule has 2 unspecified atom stereocenters. The summed E-state index contributed by atoms with van der Waals surface area (Å²) in [5, 5.41) is 0. The zero-order valence-electron chi connectivity index (χ0n) is 32.8. The van der Waals surface area contributed by atoms with Gasteiger partial charge in [-0.3, -0.25) is 18.6 Å². The van der Waals surface area contributed by atoms with Crippen molar-refractivity contribution in [3.05, 3.63) is 0 Å². The fourth-order valence-corrected chi connectivity index (χ4v) is 7.14. The van der Waals surface area contributed by atoms with Gasteiger partial charge in [0.15, 0.2) is 6.10 Å². The van der Waals surface area contributed by atoms with Crippen molar-refractivity contribution in [2.75, 3.05) is 47.5 Å². The standard InChI is InChI=1S/C40H78NO8P/c1-41(2,3)34-35-47-50(44,45)48-37-38-36-46-39(42)32-30-28-26-24-22-20-18-16-14-12-10-8-6-4-5-7-9-11-13-15-17-19-21-23-25-27-29-31-33-40(43)49-38/h38H,4-37H2,1-3H3/p+1. The minimum atomic E-state index is -4.36. The molecule has 2 atom stereocenters. The summed E-state index contributed by atoms with van der Waals surface area (Å²) >= 11 is 0. The summed E-state index contributed by atoms with van der Waals surface area (Å²) in [7, 11) is 1.50. The maximum Gasteiger partial charge on any atom is 0.472 e. The van der Waals surface area contributed by atoms with Gasteiger partial charge < -0.3 is 18.9 Å². The molecule has 0 saturated carbocycles. The van der Waals surface area contributed by atoms with E-state index in [0.29, 0.717) is 17.4 Å². The molecule has 0 aromatic heterocycles. The van der Waals surface area contributed by atoms with Crippen LogP contribution in [0.4, 0.5) is 0 Å². The number of ether oxygens (including phenoxy) is 2. The van der Waals surface area contributed by atoms with Crippen LogP contribution in [0, 0.1) is 0 Å². The van der Waals surface area contributed by atoms with E-state index in [4.69, 9.17) is 18.5 Å². The van der Waals surface area contributed by atoms with E-state index in [2.05, 4.69) is 0 Å². The normalized spacial score (nSPS) is 23.6. The first-order chi connectivity index (χ1) is 24.1. The second-order valence-electron chi connectivity index (χ2n) is 15.8. The molecule has 1 fully saturated rings. The van der Waals surface area contributed by atoms with Gasteiger partial charge in [-0.05, 0) is 12.8 Å². The Hall–Kier alpha value is -0.990. The van der Waals surface area contributed by atoms with Crippen LogP contribution >= 0.6 is 7.82 Å². The monoisotopic (exact) mass is 733 g/mol. The Morgan fingerprint density at radius 3 is 1.22 bits per heavy atom. The summed E-state index contributed by atoms with van der Waals surface area (Å²) in [6.45, 7) is -0.0543. The largest absolute Gasteiger partial charge is 0.472 e. The highest BCUT2D eigenvalue weighted by molar-refractivity contribution is 7.47. The number of likely N-dealkylation sites (N-methyl/N-ethyl adjacent to an activating group) is 1. The zero-order valence-corrected chi connectivity index (χ0v) is 33.7. The summed E-state index contributed by atoms with van der Waals surface area (Å²) in [6, 6.07) is 0. The number of phosphoric ester groups is 1. The Kier molecular flexibility index (Phi) is 29.7. The van der Waals surface area contributed by atoms with Gasteiger partial charge in [0.1, 0.15) is 19.8 Å². The van der Waals surface area contributed by atoms with E-state index in [1.165, 1.54) is 141 Å². The van der Waals surface area contributed by atoms with Gasteiger partial charge in [0.2, 0.25) is 0 Å². The van der Waals surface area contributed by atoms with E-state index < -0.39 is 26.5 Å². The lowest BCUT2D eigenvalue weighted by Gasteiger charge is -2.24. The molecule has 0 radical (unpaired) electrons. The van der Waals surface area contributed by atoms with Crippen molar-refractivity contribution in [1.29, 1.82) is 0 Å². The van der Waals surface area contributed by atoms with Gasteiger partial charge in [-0.2, -0.15) is 0 Å². The molecule has 1 aliphatic heterocycles. The van der Waals surface area contributed by atoms with Crippen LogP contribution in [0.1, 0.15) is 193 Å². The molecule has 1 rings (SSSR count). The Labute approximate surface area is 307 Å². The number of hydrogen-bond donors (Lipinski definition) is 1. The summed E-state index contributed by atoms with van der Waals surface area (Å²) in [4.78, 5) is 35.3. The fourth-order valence-electron chi connectivity index (χ4n) is 6.40. The SMILES string of the molecule is C[N+](C)(C)CCOP(=O)(O)OCC1COC(=O)CCCCCCCCCCCCCCCCCCCCCCCCCCCCCCC(=O)O1. The number of quaternary nitrogens is 1. The van der Waals surface area contributed by atoms with Gasteiger partial charge in [-0.25, -0.2) is 4.57 Å². The summed E-state index contributed by atoms with van der Waals surface area (Å²) in [5.74, 6) is -0.780. The van der Waals surface area contributed by atoms with Crippen LogP contribution in [0.25, 0.3) is 0 Å². The average Bonchev–Trinajstić information content (AvgIpc) is 3.05. The van der Waals surface area contributed by atoms with Crippen LogP contribution in [0.15, 0.2) is 0 Å². The Morgan fingerprint density at radius 1 is 0.560 bits per heavy atom. The lowest BCUT2D eigenvalue weighted by Crippen LogP contribution is -2.37. The number of carbonyl (C=O) groups is 2. The van der Waals surface area contributed by atoms with E-state index >= 15 is 0 Å². The Balaban J connectivity index is 2.49. The van der Waals surface area contributed by atoms with Crippen LogP contribution in [0.2, 0.25) is 0 Å². The molecule has 1 N–H and O–H groups in total. The summed E-state index contributed by atoms with van der Waals surface area (Å²) in [6.07, 6.45) is 34.8. The highest BCUT2D eigenvalue weighted by atomic mass is 31.2. The quantitative estimate of drug-likeness (QED) is 0.157. The molecule has 296 valence electrons. The number of cyclic esters (lactones) is 2. The van der Waals surface area contributed by atoms with Crippen molar-refractivity contribution in [1.82, 2.24) is 0 Å². The summed E-state index contributed by atoms with van der Waals surface area (Å²) < 4.78 is 34.2. The molecular weight excluding hydrogens is 653 g/mol. The molecule has 1 aliphatic rings. The molecule has 0 aromatic carbocycles. The molecule has 0 spiro atoms. The first kappa shape index (κ1) is 47.0. The minimum absolute atomic E-state index is 0.0384. The first-order valence-electron chi connectivity index (χ1n) is 20.8. The van der Waals surface area contributed by atoms with Crippen molar-refractivity contribution in [3.8, 4) is 0 Å². The van der Waals surface area contributed by atoms with Gasteiger partial charge in [0.25, 0.3) is 0 Å². The fraction of sp³-hybridized carbons (Fsp3) is 0.950. The van der Waals surface area contributed by atoms with Crippen molar-refractivity contribution >= 4 is 19.8 Å². The maximum atomic E-state index is 12.6. The second kappa shape index (κ2) is 31.5. The highest BCUT2D eigenvalue weighted by Crippen LogP contribution is 2.43. The molecule has 1 heterocycles. The molecule has 0 bridgehead atoms. The molecule has 1 saturated heterocycles. The molecule has 0 aromatic rings. The van der Waals surface area contributed by atoms with Gasteiger partial charge in [-0.1, -0.05) is 167 Å². The van der Waals surface area contributed by atoms with Crippen molar-refractivity contribution < 1.29 is 42.1 Å². The number of esters is 2. The van der Waals surface area contributed by atoms with Gasteiger partial charge in [0, 0.05) is 12.8 Å². The number of phosphoric acid groups is 1. The molecule has 0 aliphatic carbocycles. The van der Waals surface area contributed by atoms with E-state index in [9.17, 15) is 19.0 Å². The minimum Gasteiger partial charge on any atom is -0.462 e. The van der Waals surface area contributed by atoms with Crippen molar-refractivity contribution in [3.63, 3.8) is 0 Å². The predicted molar refractivity (Wildman–Crippen MR) is 204 cm³/mol. The third-order valence-corrected chi connectivity index (χ3v) is 10.7. The van der Waals surface area contributed by atoms with Crippen LogP contribution in [0.5, 0.6) is 0 Å². The first-order valence-corrected chi connectivity index (χ1v) is 22.3. The van der Waals surface area contributed by atoms with E-state index in [1.807, 2.05) is 21.1 Å². The molecule has 9 nitrogen and oxygen atoms in total. The highest BCUT2D eigenvalue weighted by Gasteiger charge is 2.27. The third-order valence-electron chi connectivity index (χ3n) is 9.68. The lowest BCUT2D eigenvalue weighted by molar-refractivity contribution is -0.870. The topological polar surface area (TPSA) is 108 Å². The van der Waals surface area contributed by atoms with Crippen molar-refractivity contribution in [2.45, 2.75) is 199 Å². The number of carbonyl (C=O) groups excluding carboxylic acids is 2. The summed E-state index contributed by atoms with van der Waals surface area (Å²) in [5.41, 5.74) is 0. The smallest absolute Gasteiger partial charge is 0.462 e. The van der Waals surface area contributed by atoms with Crippen LogP contribution < -0.4 is 0 Å². The Morgan fingerprint density at radius 2 is 0.880 bits per heavy atom.